The van der Waals surface area contributed by atoms with Crippen LogP contribution in [0.15, 0.2) is 54.6 Å². The van der Waals surface area contributed by atoms with Crippen molar-refractivity contribution in [2.45, 2.75) is 13.0 Å². The fourth-order valence-electron chi connectivity index (χ4n) is 2.20. The lowest BCUT2D eigenvalue weighted by Gasteiger charge is -2.06. The molecule has 0 heterocycles. The van der Waals surface area contributed by atoms with E-state index in [-0.39, 0.29) is 5.75 Å². The fraction of sp³-hybridized carbons (Fsp3) is 0.200. The van der Waals surface area contributed by atoms with E-state index in [0.717, 1.165) is 11.6 Å². The molecular formula is C20H18ClF2NO4. The van der Waals surface area contributed by atoms with E-state index in [4.69, 9.17) is 16.3 Å². The molecule has 0 atom stereocenters. The number of carbonyl (C=O) groups is 2. The number of ether oxygens (including phenoxy) is 2. The number of hydrogen-bond donors (Lipinski definition) is 1. The standard InChI is InChI=1S/C20H18ClF2NO4/c21-16-3-1-2-15(12-16)10-11-24-18(25)13-27-19(26)9-6-14-4-7-17(8-5-14)28-20(22)23/h1-9,12,20H,10-11,13H2,(H,24,25)/b9-6+. The highest BCUT2D eigenvalue weighted by Gasteiger charge is 2.06. The Labute approximate surface area is 165 Å². The maximum atomic E-state index is 12.1. The molecule has 28 heavy (non-hydrogen) atoms. The van der Waals surface area contributed by atoms with Crippen LogP contribution in [0.3, 0.4) is 0 Å². The van der Waals surface area contributed by atoms with Crippen molar-refractivity contribution >= 4 is 29.6 Å². The fourth-order valence-corrected chi connectivity index (χ4v) is 2.41. The number of halogens is 3. The van der Waals surface area contributed by atoms with E-state index in [1.807, 2.05) is 18.2 Å². The van der Waals surface area contributed by atoms with E-state index in [2.05, 4.69) is 10.1 Å². The number of carbonyl (C=O) groups excluding carboxylic acids is 2. The summed E-state index contributed by atoms with van der Waals surface area (Å²) in [6.45, 7) is -2.91. The van der Waals surface area contributed by atoms with Crippen molar-refractivity contribution in [3.63, 3.8) is 0 Å². The first-order chi connectivity index (χ1) is 13.4. The molecule has 0 aliphatic heterocycles. The van der Waals surface area contributed by atoms with E-state index in [1.54, 1.807) is 6.07 Å². The van der Waals surface area contributed by atoms with Gasteiger partial charge < -0.3 is 14.8 Å². The van der Waals surface area contributed by atoms with Crippen molar-refractivity contribution in [1.29, 1.82) is 0 Å². The van der Waals surface area contributed by atoms with Gasteiger partial charge in [-0.05, 0) is 47.9 Å². The molecule has 0 spiro atoms. The quantitative estimate of drug-likeness (QED) is 0.504. The lowest BCUT2D eigenvalue weighted by molar-refractivity contribution is -0.143. The maximum absolute atomic E-state index is 12.1. The first-order valence-electron chi connectivity index (χ1n) is 8.33. The van der Waals surface area contributed by atoms with Crippen LogP contribution in [0.2, 0.25) is 5.02 Å². The number of amides is 1. The minimum Gasteiger partial charge on any atom is -0.452 e. The lowest BCUT2D eigenvalue weighted by atomic mass is 10.1. The first-order valence-corrected chi connectivity index (χ1v) is 8.71. The van der Waals surface area contributed by atoms with Gasteiger partial charge in [-0.1, -0.05) is 35.9 Å². The summed E-state index contributed by atoms with van der Waals surface area (Å²) >= 11 is 5.88. The Morgan fingerprint density at radius 3 is 2.57 bits per heavy atom. The Bertz CT molecular complexity index is 825. The normalized spacial score (nSPS) is 10.9. The number of esters is 1. The van der Waals surface area contributed by atoms with E-state index in [0.29, 0.717) is 23.6 Å². The second-order valence-electron chi connectivity index (χ2n) is 5.62. The zero-order chi connectivity index (χ0) is 20.4. The van der Waals surface area contributed by atoms with Crippen LogP contribution in [0.4, 0.5) is 8.78 Å². The lowest BCUT2D eigenvalue weighted by Crippen LogP contribution is -2.30. The van der Waals surface area contributed by atoms with Crippen LogP contribution in [0.1, 0.15) is 11.1 Å². The molecule has 1 N–H and O–H groups in total. The van der Waals surface area contributed by atoms with Crippen LogP contribution >= 0.6 is 11.6 Å². The average Bonchev–Trinajstić information content (AvgIpc) is 2.65. The second kappa shape index (κ2) is 11.0. The third kappa shape index (κ3) is 8.18. The molecule has 0 fully saturated rings. The number of rotatable bonds is 9. The summed E-state index contributed by atoms with van der Waals surface area (Å²) in [6, 6.07) is 13.0. The van der Waals surface area contributed by atoms with Crippen LogP contribution in [-0.4, -0.2) is 31.6 Å². The largest absolute Gasteiger partial charge is 0.452 e. The van der Waals surface area contributed by atoms with Crippen LogP contribution in [-0.2, 0) is 20.7 Å². The van der Waals surface area contributed by atoms with Crippen LogP contribution in [0, 0.1) is 0 Å². The third-order valence-corrected chi connectivity index (χ3v) is 3.72. The Morgan fingerprint density at radius 2 is 1.89 bits per heavy atom. The van der Waals surface area contributed by atoms with Crippen molar-refractivity contribution in [3.05, 3.63) is 70.8 Å². The summed E-state index contributed by atoms with van der Waals surface area (Å²) in [6.07, 6.45) is 3.18. The van der Waals surface area contributed by atoms with Gasteiger partial charge in [-0.25, -0.2) is 4.79 Å². The summed E-state index contributed by atoms with van der Waals surface area (Å²) in [5, 5.41) is 3.27. The van der Waals surface area contributed by atoms with Crippen LogP contribution < -0.4 is 10.1 Å². The Hall–Kier alpha value is -2.93. The molecule has 2 aromatic rings. The Balaban J connectivity index is 1.68. The highest BCUT2D eigenvalue weighted by molar-refractivity contribution is 6.30. The molecule has 5 nitrogen and oxygen atoms in total. The molecule has 0 saturated heterocycles. The van der Waals surface area contributed by atoms with Crippen molar-refractivity contribution in [1.82, 2.24) is 5.32 Å². The van der Waals surface area contributed by atoms with E-state index >= 15 is 0 Å². The Kier molecular flexibility index (Phi) is 8.42. The van der Waals surface area contributed by atoms with Gasteiger partial charge in [0.15, 0.2) is 6.61 Å². The van der Waals surface area contributed by atoms with Gasteiger partial charge in [-0.3, -0.25) is 4.79 Å². The molecule has 0 saturated carbocycles. The van der Waals surface area contributed by atoms with Gasteiger partial charge in [0, 0.05) is 17.6 Å². The number of hydrogen-bond acceptors (Lipinski definition) is 4. The number of nitrogens with one attached hydrogen (secondary N) is 1. The molecule has 2 aromatic carbocycles. The molecule has 0 aromatic heterocycles. The maximum Gasteiger partial charge on any atom is 0.387 e. The summed E-state index contributed by atoms with van der Waals surface area (Å²) < 4.78 is 33.2. The predicted molar refractivity (Wildman–Crippen MR) is 101 cm³/mol. The average molecular weight is 410 g/mol. The molecule has 0 aliphatic rings. The van der Waals surface area contributed by atoms with Gasteiger partial charge >= 0.3 is 12.6 Å². The summed E-state index contributed by atoms with van der Waals surface area (Å²) in [5.41, 5.74) is 1.57. The first kappa shape index (κ1) is 21.4. The number of alkyl halides is 2. The monoisotopic (exact) mass is 409 g/mol. The molecule has 1 amide bonds. The summed E-state index contributed by atoms with van der Waals surface area (Å²) in [4.78, 5) is 23.3. The summed E-state index contributed by atoms with van der Waals surface area (Å²) in [5.74, 6) is -1.10. The predicted octanol–water partition coefficient (Wildman–Crippen LogP) is 3.86. The van der Waals surface area contributed by atoms with Gasteiger partial charge in [0.05, 0.1) is 0 Å². The highest BCUT2D eigenvalue weighted by Crippen LogP contribution is 2.15. The van der Waals surface area contributed by atoms with Crippen LogP contribution in [0.5, 0.6) is 5.75 Å². The van der Waals surface area contributed by atoms with E-state index in [1.165, 1.54) is 30.3 Å². The molecule has 0 aliphatic carbocycles. The van der Waals surface area contributed by atoms with Crippen molar-refractivity contribution in [2.75, 3.05) is 13.2 Å². The van der Waals surface area contributed by atoms with Gasteiger partial charge in [0.25, 0.3) is 5.91 Å². The topological polar surface area (TPSA) is 64.6 Å². The molecule has 0 unspecified atom stereocenters. The van der Waals surface area contributed by atoms with Crippen molar-refractivity contribution in [3.8, 4) is 5.75 Å². The van der Waals surface area contributed by atoms with E-state index in [9.17, 15) is 18.4 Å². The van der Waals surface area contributed by atoms with Gasteiger partial charge in [0.2, 0.25) is 0 Å². The minimum absolute atomic E-state index is 0.0178. The van der Waals surface area contributed by atoms with Gasteiger partial charge in [0.1, 0.15) is 5.75 Å². The zero-order valence-corrected chi connectivity index (χ0v) is 15.5. The SMILES string of the molecule is O=C(COC(=O)/C=C/c1ccc(OC(F)F)cc1)NCCc1cccc(Cl)c1. The van der Waals surface area contributed by atoms with Crippen molar-refractivity contribution < 1.29 is 27.8 Å². The van der Waals surface area contributed by atoms with Crippen LogP contribution in [0.25, 0.3) is 6.08 Å². The summed E-state index contributed by atoms with van der Waals surface area (Å²) in [7, 11) is 0. The van der Waals surface area contributed by atoms with Crippen molar-refractivity contribution in [2.24, 2.45) is 0 Å². The molecular weight excluding hydrogens is 392 g/mol. The smallest absolute Gasteiger partial charge is 0.387 e. The minimum atomic E-state index is -2.90. The van der Waals surface area contributed by atoms with Gasteiger partial charge in [-0.2, -0.15) is 8.78 Å². The highest BCUT2D eigenvalue weighted by atomic mass is 35.5. The van der Waals surface area contributed by atoms with E-state index < -0.39 is 25.1 Å². The molecule has 8 heteroatoms. The molecule has 2 rings (SSSR count). The van der Waals surface area contributed by atoms with Gasteiger partial charge in [-0.15, -0.1) is 0 Å². The molecule has 148 valence electrons. The Morgan fingerprint density at radius 1 is 1.14 bits per heavy atom. The number of benzene rings is 2. The third-order valence-electron chi connectivity index (χ3n) is 3.49. The second-order valence-corrected chi connectivity index (χ2v) is 6.05. The zero-order valence-electron chi connectivity index (χ0n) is 14.7. The molecule has 0 radical (unpaired) electrons. The molecule has 0 bridgehead atoms.